The molecule has 2 aromatic carbocycles. The SMILES string of the molecule is CCNC(=NCc1ccc2c(c1)OCO2)NCC(O)c1cccc(OC(C)C)c1.I. The van der Waals surface area contributed by atoms with Crippen LogP contribution in [0.15, 0.2) is 47.5 Å². The zero-order valence-electron chi connectivity index (χ0n) is 17.6. The van der Waals surface area contributed by atoms with Gasteiger partial charge in [-0.25, -0.2) is 4.99 Å². The third kappa shape index (κ3) is 6.94. The van der Waals surface area contributed by atoms with Crippen molar-refractivity contribution in [2.75, 3.05) is 19.9 Å². The van der Waals surface area contributed by atoms with E-state index >= 15 is 0 Å². The van der Waals surface area contributed by atoms with E-state index in [2.05, 4.69) is 15.6 Å². The Morgan fingerprint density at radius 3 is 2.70 bits per heavy atom. The van der Waals surface area contributed by atoms with Crippen LogP contribution in [0.5, 0.6) is 17.2 Å². The average molecular weight is 527 g/mol. The molecular weight excluding hydrogens is 497 g/mol. The van der Waals surface area contributed by atoms with Gasteiger partial charge in [-0.2, -0.15) is 0 Å². The van der Waals surface area contributed by atoms with Crippen LogP contribution < -0.4 is 24.8 Å². The van der Waals surface area contributed by atoms with E-state index < -0.39 is 6.10 Å². The van der Waals surface area contributed by atoms with Gasteiger partial charge in [0.2, 0.25) is 6.79 Å². The first-order valence-corrected chi connectivity index (χ1v) is 9.90. The molecule has 0 saturated heterocycles. The number of aliphatic hydroxyl groups excluding tert-OH is 1. The molecule has 1 unspecified atom stereocenters. The molecule has 164 valence electrons. The summed E-state index contributed by atoms with van der Waals surface area (Å²) in [6.07, 6.45) is -0.593. The zero-order chi connectivity index (χ0) is 20.6. The number of ether oxygens (including phenoxy) is 3. The van der Waals surface area contributed by atoms with Gasteiger partial charge in [0.1, 0.15) is 5.75 Å². The molecule has 0 bridgehead atoms. The van der Waals surface area contributed by atoms with E-state index in [0.717, 1.165) is 34.9 Å². The number of benzene rings is 2. The van der Waals surface area contributed by atoms with Crippen LogP contribution in [-0.4, -0.2) is 37.1 Å². The lowest BCUT2D eigenvalue weighted by Gasteiger charge is -2.17. The normalized spacial score (nSPS) is 13.6. The summed E-state index contributed by atoms with van der Waals surface area (Å²) >= 11 is 0. The van der Waals surface area contributed by atoms with Crippen molar-refractivity contribution in [1.29, 1.82) is 0 Å². The van der Waals surface area contributed by atoms with Crippen LogP contribution in [0.1, 0.15) is 38.0 Å². The molecule has 3 rings (SSSR count). The zero-order valence-corrected chi connectivity index (χ0v) is 19.9. The molecule has 0 spiro atoms. The first-order chi connectivity index (χ1) is 14.0. The quantitative estimate of drug-likeness (QED) is 0.277. The largest absolute Gasteiger partial charge is 0.491 e. The van der Waals surface area contributed by atoms with E-state index in [4.69, 9.17) is 14.2 Å². The van der Waals surface area contributed by atoms with Crippen LogP contribution in [0.3, 0.4) is 0 Å². The summed E-state index contributed by atoms with van der Waals surface area (Å²) < 4.78 is 16.4. The molecule has 2 aromatic rings. The summed E-state index contributed by atoms with van der Waals surface area (Å²) in [4.78, 5) is 4.59. The maximum atomic E-state index is 10.6. The van der Waals surface area contributed by atoms with Gasteiger partial charge in [-0.1, -0.05) is 18.2 Å². The predicted molar refractivity (Wildman–Crippen MR) is 128 cm³/mol. The molecule has 1 atom stereocenters. The van der Waals surface area contributed by atoms with E-state index in [-0.39, 0.29) is 36.9 Å². The highest BCUT2D eigenvalue weighted by Gasteiger charge is 2.13. The molecule has 0 aromatic heterocycles. The number of halogens is 1. The van der Waals surface area contributed by atoms with E-state index in [1.54, 1.807) is 0 Å². The summed E-state index contributed by atoms with van der Waals surface area (Å²) in [5.74, 6) is 2.89. The van der Waals surface area contributed by atoms with E-state index in [1.165, 1.54) is 0 Å². The van der Waals surface area contributed by atoms with Crippen molar-refractivity contribution < 1.29 is 19.3 Å². The average Bonchev–Trinajstić information content (AvgIpc) is 3.17. The second-order valence-electron chi connectivity index (χ2n) is 7.02. The van der Waals surface area contributed by atoms with Crippen LogP contribution in [0.2, 0.25) is 0 Å². The number of nitrogens with one attached hydrogen (secondary N) is 2. The minimum Gasteiger partial charge on any atom is -0.491 e. The monoisotopic (exact) mass is 527 g/mol. The lowest BCUT2D eigenvalue weighted by atomic mass is 10.1. The third-order valence-electron chi connectivity index (χ3n) is 4.28. The highest BCUT2D eigenvalue weighted by Crippen LogP contribution is 2.32. The number of aliphatic imine (C=N–C) groups is 1. The first-order valence-electron chi connectivity index (χ1n) is 9.90. The van der Waals surface area contributed by atoms with Gasteiger partial charge < -0.3 is 30.0 Å². The van der Waals surface area contributed by atoms with Gasteiger partial charge in [0.05, 0.1) is 18.8 Å². The van der Waals surface area contributed by atoms with Crippen LogP contribution in [-0.2, 0) is 6.54 Å². The maximum absolute atomic E-state index is 10.6. The number of rotatable bonds is 8. The Balaban J connectivity index is 0.00000320. The number of aliphatic hydroxyl groups is 1. The molecule has 0 radical (unpaired) electrons. The lowest BCUT2D eigenvalue weighted by molar-refractivity contribution is 0.174. The van der Waals surface area contributed by atoms with Crippen LogP contribution in [0.4, 0.5) is 0 Å². The summed E-state index contributed by atoms with van der Waals surface area (Å²) in [7, 11) is 0. The van der Waals surface area contributed by atoms with Crippen molar-refractivity contribution in [3.8, 4) is 17.2 Å². The topological polar surface area (TPSA) is 84.3 Å². The molecule has 30 heavy (non-hydrogen) atoms. The fraction of sp³-hybridized carbons (Fsp3) is 0.409. The first kappa shape index (κ1) is 24.1. The van der Waals surface area contributed by atoms with Gasteiger partial charge in [0, 0.05) is 13.1 Å². The number of fused-ring (bicyclic) bond motifs is 1. The van der Waals surface area contributed by atoms with Gasteiger partial charge in [-0.15, -0.1) is 24.0 Å². The summed E-state index contributed by atoms with van der Waals surface area (Å²) in [6.45, 7) is 7.75. The molecule has 1 aliphatic rings. The van der Waals surface area contributed by atoms with Crippen LogP contribution in [0.25, 0.3) is 0 Å². The van der Waals surface area contributed by atoms with Crippen LogP contribution in [0, 0.1) is 0 Å². The molecular formula is C22H30IN3O4. The number of hydrogen-bond donors (Lipinski definition) is 3. The minimum atomic E-state index is -0.680. The second kappa shape index (κ2) is 11.8. The Morgan fingerprint density at radius 1 is 1.13 bits per heavy atom. The smallest absolute Gasteiger partial charge is 0.231 e. The predicted octanol–water partition coefficient (Wildman–Crippen LogP) is 3.61. The van der Waals surface area contributed by atoms with Crippen molar-refractivity contribution in [1.82, 2.24) is 10.6 Å². The van der Waals surface area contributed by atoms with Crippen molar-refractivity contribution in [2.45, 2.75) is 39.5 Å². The van der Waals surface area contributed by atoms with E-state index in [0.29, 0.717) is 19.0 Å². The number of hydrogen-bond acceptors (Lipinski definition) is 5. The molecule has 0 aliphatic carbocycles. The molecule has 3 N–H and O–H groups in total. The number of nitrogens with zero attached hydrogens (tertiary/aromatic N) is 1. The molecule has 7 nitrogen and oxygen atoms in total. The maximum Gasteiger partial charge on any atom is 0.231 e. The Hall–Kier alpha value is -2.20. The second-order valence-corrected chi connectivity index (χ2v) is 7.02. The Kier molecular flexibility index (Phi) is 9.51. The molecule has 8 heteroatoms. The fourth-order valence-corrected chi connectivity index (χ4v) is 2.93. The molecule has 0 amide bonds. The standard InChI is InChI=1S/C22H29N3O4.HI/c1-4-23-22(24-12-16-8-9-20-21(10-16)28-14-27-20)25-13-19(26)17-6-5-7-18(11-17)29-15(2)3;/h5-11,15,19,26H,4,12-14H2,1-3H3,(H2,23,24,25);1H. The Labute approximate surface area is 194 Å². The third-order valence-corrected chi connectivity index (χ3v) is 4.28. The van der Waals surface area contributed by atoms with Crippen LogP contribution >= 0.6 is 24.0 Å². The van der Waals surface area contributed by atoms with Crippen molar-refractivity contribution in [3.05, 3.63) is 53.6 Å². The van der Waals surface area contributed by atoms with Gasteiger partial charge in [0.25, 0.3) is 0 Å². The van der Waals surface area contributed by atoms with Crippen molar-refractivity contribution in [2.24, 2.45) is 4.99 Å². The van der Waals surface area contributed by atoms with Gasteiger partial charge in [-0.3, -0.25) is 0 Å². The van der Waals surface area contributed by atoms with Gasteiger partial charge >= 0.3 is 0 Å². The van der Waals surface area contributed by atoms with E-state index in [9.17, 15) is 5.11 Å². The number of guanidine groups is 1. The summed E-state index contributed by atoms with van der Waals surface area (Å²) in [5.41, 5.74) is 1.81. The summed E-state index contributed by atoms with van der Waals surface area (Å²) in [5, 5.41) is 16.9. The van der Waals surface area contributed by atoms with Crippen molar-refractivity contribution in [3.63, 3.8) is 0 Å². The molecule has 0 saturated carbocycles. The van der Waals surface area contributed by atoms with Gasteiger partial charge in [0.15, 0.2) is 17.5 Å². The minimum absolute atomic E-state index is 0. The van der Waals surface area contributed by atoms with Crippen molar-refractivity contribution >= 4 is 29.9 Å². The summed E-state index contributed by atoms with van der Waals surface area (Å²) in [6, 6.07) is 13.3. The Bertz CT molecular complexity index is 845. The van der Waals surface area contributed by atoms with Gasteiger partial charge in [-0.05, 0) is 56.2 Å². The lowest BCUT2D eigenvalue weighted by Crippen LogP contribution is -2.39. The highest BCUT2D eigenvalue weighted by molar-refractivity contribution is 14.0. The molecule has 1 heterocycles. The Morgan fingerprint density at radius 2 is 1.93 bits per heavy atom. The highest BCUT2D eigenvalue weighted by atomic mass is 127. The van der Waals surface area contributed by atoms with E-state index in [1.807, 2.05) is 63.2 Å². The molecule has 1 aliphatic heterocycles. The fourth-order valence-electron chi connectivity index (χ4n) is 2.93. The molecule has 0 fully saturated rings.